The van der Waals surface area contributed by atoms with Crippen LogP contribution in [0.25, 0.3) is 0 Å². The van der Waals surface area contributed by atoms with Crippen LogP contribution in [0, 0.1) is 0 Å². The molecule has 3 N–H and O–H groups in total. The zero-order valence-electron chi connectivity index (χ0n) is 10.8. The van der Waals surface area contributed by atoms with Crippen LogP contribution in [-0.2, 0) is 19.1 Å². The molecule has 0 heterocycles. The summed E-state index contributed by atoms with van der Waals surface area (Å²) in [7, 11) is 0. The van der Waals surface area contributed by atoms with Crippen LogP contribution in [-0.4, -0.2) is 36.9 Å². The van der Waals surface area contributed by atoms with Crippen molar-refractivity contribution in [3.8, 4) is 0 Å². The topological polar surface area (TPSA) is 120 Å². The summed E-state index contributed by atoms with van der Waals surface area (Å²) in [6.07, 6.45) is -0.431. The fraction of sp³-hybridized carbons (Fsp3) is 0.600. The minimum Gasteiger partial charge on any atom is -0.466 e. The SMILES string of the molecule is CCOC(=O)CC(CC(=O)OCC)=NNC(N)=O.Cl. The molecule has 0 fully saturated rings. The fourth-order valence-corrected chi connectivity index (χ4v) is 1.03. The molecule has 110 valence electrons. The highest BCUT2D eigenvalue weighted by Crippen LogP contribution is 1.98. The van der Waals surface area contributed by atoms with E-state index < -0.39 is 18.0 Å². The zero-order chi connectivity index (χ0) is 14.0. The van der Waals surface area contributed by atoms with Crippen molar-refractivity contribution in [3.63, 3.8) is 0 Å². The maximum Gasteiger partial charge on any atom is 0.332 e. The second-order valence-corrected chi connectivity index (χ2v) is 3.12. The number of hydrogen-bond donors (Lipinski definition) is 2. The molecule has 0 unspecified atom stereocenters. The minimum absolute atomic E-state index is 0. The summed E-state index contributed by atoms with van der Waals surface area (Å²) in [6.45, 7) is 3.74. The van der Waals surface area contributed by atoms with Crippen LogP contribution in [0.4, 0.5) is 4.79 Å². The second kappa shape index (κ2) is 11.3. The van der Waals surface area contributed by atoms with Crippen molar-refractivity contribution in [2.45, 2.75) is 26.7 Å². The number of hydrazone groups is 1. The van der Waals surface area contributed by atoms with Gasteiger partial charge in [0.2, 0.25) is 0 Å². The van der Waals surface area contributed by atoms with E-state index in [9.17, 15) is 14.4 Å². The molecular formula is C10H18ClN3O5. The van der Waals surface area contributed by atoms with Crippen LogP contribution in [0.5, 0.6) is 0 Å². The molecule has 8 nitrogen and oxygen atoms in total. The van der Waals surface area contributed by atoms with Crippen LogP contribution < -0.4 is 11.2 Å². The largest absolute Gasteiger partial charge is 0.466 e. The number of ether oxygens (including phenoxy) is 2. The van der Waals surface area contributed by atoms with E-state index in [4.69, 9.17) is 15.2 Å². The first-order chi connectivity index (χ1) is 8.49. The number of esters is 2. The summed E-state index contributed by atoms with van der Waals surface area (Å²) in [4.78, 5) is 33.0. The first kappa shape index (κ1) is 19.5. The Morgan fingerprint density at radius 1 is 1.05 bits per heavy atom. The van der Waals surface area contributed by atoms with Crippen LogP contribution in [0.1, 0.15) is 26.7 Å². The third-order valence-corrected chi connectivity index (χ3v) is 1.63. The summed E-state index contributed by atoms with van der Waals surface area (Å²) < 4.78 is 9.41. The van der Waals surface area contributed by atoms with Gasteiger partial charge in [-0.2, -0.15) is 5.10 Å². The molecule has 0 bridgehead atoms. The number of carbonyl (C=O) groups excluding carboxylic acids is 3. The van der Waals surface area contributed by atoms with Crippen molar-refractivity contribution in [2.75, 3.05) is 13.2 Å². The van der Waals surface area contributed by atoms with Gasteiger partial charge in [-0.25, -0.2) is 10.2 Å². The average molecular weight is 296 g/mol. The summed E-state index contributed by atoms with van der Waals surface area (Å²) >= 11 is 0. The highest BCUT2D eigenvalue weighted by atomic mass is 35.5. The molecule has 0 aliphatic heterocycles. The third-order valence-electron chi connectivity index (χ3n) is 1.63. The summed E-state index contributed by atoms with van der Waals surface area (Å²) in [5.41, 5.74) is 6.90. The summed E-state index contributed by atoms with van der Waals surface area (Å²) in [5.74, 6) is -1.10. The van der Waals surface area contributed by atoms with Gasteiger partial charge in [0, 0.05) is 0 Å². The van der Waals surface area contributed by atoms with Crippen LogP contribution in [0.2, 0.25) is 0 Å². The fourth-order valence-electron chi connectivity index (χ4n) is 1.03. The Labute approximate surface area is 117 Å². The highest BCUT2D eigenvalue weighted by molar-refractivity contribution is 6.06. The smallest absolute Gasteiger partial charge is 0.332 e. The van der Waals surface area contributed by atoms with Gasteiger partial charge in [0.1, 0.15) is 0 Å². The number of nitrogens with zero attached hydrogens (tertiary/aromatic N) is 1. The molecule has 0 aliphatic carbocycles. The van der Waals surface area contributed by atoms with Gasteiger partial charge in [0.15, 0.2) is 0 Å². The summed E-state index contributed by atoms with van der Waals surface area (Å²) in [5, 5.41) is 3.56. The molecule has 0 aromatic heterocycles. The Bertz CT molecular complexity index is 324. The van der Waals surface area contributed by atoms with E-state index >= 15 is 0 Å². The van der Waals surface area contributed by atoms with Crippen molar-refractivity contribution in [1.82, 2.24) is 5.43 Å². The molecular weight excluding hydrogens is 278 g/mol. The number of nitrogens with two attached hydrogens (primary N) is 1. The third kappa shape index (κ3) is 11.0. The number of urea groups is 1. The first-order valence-electron chi connectivity index (χ1n) is 5.41. The van der Waals surface area contributed by atoms with Gasteiger partial charge >= 0.3 is 18.0 Å². The lowest BCUT2D eigenvalue weighted by molar-refractivity contribution is -0.141. The van der Waals surface area contributed by atoms with Crippen LogP contribution in [0.15, 0.2) is 5.10 Å². The van der Waals surface area contributed by atoms with Gasteiger partial charge in [-0.05, 0) is 13.8 Å². The predicted molar refractivity (Wildman–Crippen MR) is 69.9 cm³/mol. The lowest BCUT2D eigenvalue weighted by atomic mass is 10.2. The molecule has 2 amide bonds. The molecule has 0 saturated carbocycles. The molecule has 0 saturated heterocycles. The normalized spacial score (nSPS) is 8.74. The van der Waals surface area contributed by atoms with Crippen molar-refractivity contribution in [2.24, 2.45) is 10.8 Å². The number of nitrogens with one attached hydrogen (secondary N) is 1. The van der Waals surface area contributed by atoms with E-state index in [-0.39, 0.29) is 44.2 Å². The van der Waals surface area contributed by atoms with Gasteiger partial charge in [-0.15, -0.1) is 12.4 Å². The number of hydrogen-bond acceptors (Lipinski definition) is 6. The quantitative estimate of drug-likeness (QED) is 0.398. The van der Waals surface area contributed by atoms with E-state index in [2.05, 4.69) is 5.10 Å². The highest BCUT2D eigenvalue weighted by Gasteiger charge is 2.14. The Balaban J connectivity index is 0. The Hall–Kier alpha value is -1.83. The Morgan fingerprint density at radius 3 is 1.79 bits per heavy atom. The molecule has 19 heavy (non-hydrogen) atoms. The standard InChI is InChI=1S/C10H17N3O5.ClH/c1-3-17-8(14)5-7(12-13-10(11)16)6-9(15)18-4-2;/h3-6H2,1-2H3,(H3,11,13,16);1H. The maximum absolute atomic E-state index is 11.2. The molecule has 0 aromatic rings. The Morgan fingerprint density at radius 2 is 1.47 bits per heavy atom. The molecule has 0 spiro atoms. The summed E-state index contributed by atoms with van der Waals surface area (Å²) in [6, 6.07) is -0.889. The van der Waals surface area contributed by atoms with Gasteiger partial charge in [0.05, 0.1) is 31.8 Å². The van der Waals surface area contributed by atoms with Crippen LogP contribution >= 0.6 is 12.4 Å². The number of carbonyl (C=O) groups is 3. The van der Waals surface area contributed by atoms with E-state index in [1.165, 1.54) is 0 Å². The van der Waals surface area contributed by atoms with Gasteiger partial charge in [-0.3, -0.25) is 9.59 Å². The van der Waals surface area contributed by atoms with Crippen molar-refractivity contribution < 1.29 is 23.9 Å². The van der Waals surface area contributed by atoms with E-state index in [0.717, 1.165) is 0 Å². The minimum atomic E-state index is -0.889. The van der Waals surface area contributed by atoms with Crippen molar-refractivity contribution >= 4 is 36.1 Å². The number of primary amides is 1. The first-order valence-corrected chi connectivity index (χ1v) is 5.41. The molecule has 0 rings (SSSR count). The monoisotopic (exact) mass is 295 g/mol. The number of rotatable bonds is 7. The lowest BCUT2D eigenvalue weighted by Gasteiger charge is -2.06. The van der Waals surface area contributed by atoms with E-state index in [1.54, 1.807) is 13.8 Å². The number of amides is 2. The molecule has 9 heteroatoms. The molecule has 0 atom stereocenters. The van der Waals surface area contributed by atoms with E-state index in [0.29, 0.717) is 0 Å². The predicted octanol–water partition coefficient (Wildman–Crippen LogP) is 0.339. The zero-order valence-corrected chi connectivity index (χ0v) is 11.6. The van der Waals surface area contributed by atoms with Gasteiger partial charge in [0.25, 0.3) is 0 Å². The average Bonchev–Trinajstić information content (AvgIpc) is 2.26. The van der Waals surface area contributed by atoms with Crippen molar-refractivity contribution in [3.05, 3.63) is 0 Å². The molecule has 0 radical (unpaired) electrons. The van der Waals surface area contributed by atoms with Crippen LogP contribution in [0.3, 0.4) is 0 Å². The molecule has 0 aromatic carbocycles. The number of halogens is 1. The van der Waals surface area contributed by atoms with Gasteiger partial charge < -0.3 is 15.2 Å². The Kier molecular flexibility index (Phi) is 11.6. The maximum atomic E-state index is 11.2. The molecule has 0 aliphatic rings. The lowest BCUT2D eigenvalue weighted by Crippen LogP contribution is -2.27. The van der Waals surface area contributed by atoms with Gasteiger partial charge in [-0.1, -0.05) is 0 Å². The second-order valence-electron chi connectivity index (χ2n) is 3.12. The van der Waals surface area contributed by atoms with E-state index in [1.807, 2.05) is 5.43 Å². The van der Waals surface area contributed by atoms with Crippen molar-refractivity contribution in [1.29, 1.82) is 0 Å².